The van der Waals surface area contributed by atoms with Crippen molar-refractivity contribution in [2.45, 2.75) is 64.9 Å². The molecule has 0 spiro atoms. The molecule has 0 aliphatic carbocycles. The number of aliphatic hydroxyl groups is 1. The molecular weight excluding hydrogens is 344 g/mol. The van der Waals surface area contributed by atoms with Gasteiger partial charge in [0, 0.05) is 12.8 Å². The van der Waals surface area contributed by atoms with E-state index in [-0.39, 0.29) is 32.0 Å². The number of allylic oxidation sites excluding steroid dienone is 8. The second kappa shape index (κ2) is 18.6. The maximum Gasteiger partial charge on any atom is 0.306 e. The smallest absolute Gasteiger partial charge is 0.306 e. The Morgan fingerprint density at radius 1 is 0.852 bits per heavy atom. The minimum absolute atomic E-state index is 0.112. The number of rotatable bonds is 15. The molecule has 1 unspecified atom stereocenters. The standard InChI is InChI=1S/C22H34O5/c1-3-5-6-7-8-9-10-11-12-13-14-15-16-17-22(25)27-20(18-23)19-26-21(24)4-2/h5-6,8-9,11-12,14-15,20,23H,3-4,7,10,13,16-19H2,1-2H3/b6-5-,9-8-,12-11-,15-14-. The van der Waals surface area contributed by atoms with Gasteiger partial charge in [0.15, 0.2) is 6.10 Å². The zero-order chi connectivity index (χ0) is 20.2. The van der Waals surface area contributed by atoms with Crippen LogP contribution in [0.4, 0.5) is 0 Å². The summed E-state index contributed by atoms with van der Waals surface area (Å²) < 4.78 is 9.94. The molecule has 0 fully saturated rings. The molecule has 0 heterocycles. The number of carbonyl (C=O) groups excluding carboxylic acids is 2. The number of aliphatic hydroxyl groups excluding tert-OH is 1. The number of carbonyl (C=O) groups is 2. The van der Waals surface area contributed by atoms with Crippen LogP contribution in [0.3, 0.4) is 0 Å². The first-order valence-corrected chi connectivity index (χ1v) is 9.69. The van der Waals surface area contributed by atoms with Crippen LogP contribution in [0.5, 0.6) is 0 Å². The van der Waals surface area contributed by atoms with Crippen molar-refractivity contribution < 1.29 is 24.2 Å². The SMILES string of the molecule is CC/C=C\C/C=C\C/C=C\C/C=C\CCC(=O)OC(CO)COC(=O)CC. The quantitative estimate of drug-likeness (QED) is 0.337. The Morgan fingerprint density at radius 3 is 1.93 bits per heavy atom. The Hall–Kier alpha value is -2.14. The van der Waals surface area contributed by atoms with Crippen molar-refractivity contribution >= 4 is 11.9 Å². The van der Waals surface area contributed by atoms with E-state index in [9.17, 15) is 9.59 Å². The lowest BCUT2D eigenvalue weighted by atomic mass is 10.2. The van der Waals surface area contributed by atoms with Gasteiger partial charge in [-0.2, -0.15) is 0 Å². The first-order chi connectivity index (χ1) is 13.1. The topological polar surface area (TPSA) is 72.8 Å². The number of hydrogen-bond donors (Lipinski definition) is 1. The Kier molecular flexibility index (Phi) is 17.2. The van der Waals surface area contributed by atoms with Crippen molar-refractivity contribution in [2.75, 3.05) is 13.2 Å². The third-order valence-electron chi connectivity index (χ3n) is 3.45. The molecule has 0 aliphatic rings. The highest BCUT2D eigenvalue weighted by atomic mass is 16.6. The molecule has 0 amide bonds. The van der Waals surface area contributed by atoms with E-state index in [2.05, 4.69) is 43.4 Å². The molecule has 0 aromatic carbocycles. The van der Waals surface area contributed by atoms with Gasteiger partial charge in [-0.25, -0.2) is 0 Å². The summed E-state index contributed by atoms with van der Waals surface area (Å²) in [5.41, 5.74) is 0. The van der Waals surface area contributed by atoms with Crippen molar-refractivity contribution in [3.05, 3.63) is 48.6 Å². The van der Waals surface area contributed by atoms with Crippen molar-refractivity contribution in [3.8, 4) is 0 Å². The van der Waals surface area contributed by atoms with Crippen LogP contribution in [0.1, 0.15) is 58.8 Å². The Morgan fingerprint density at radius 2 is 1.41 bits per heavy atom. The van der Waals surface area contributed by atoms with Crippen LogP contribution in [0.2, 0.25) is 0 Å². The summed E-state index contributed by atoms with van der Waals surface area (Å²) in [7, 11) is 0. The molecule has 0 aromatic heterocycles. The summed E-state index contributed by atoms with van der Waals surface area (Å²) in [4.78, 5) is 22.8. The van der Waals surface area contributed by atoms with E-state index in [0.29, 0.717) is 6.42 Å². The van der Waals surface area contributed by atoms with Crippen LogP contribution < -0.4 is 0 Å². The van der Waals surface area contributed by atoms with Gasteiger partial charge in [0.1, 0.15) is 6.61 Å². The largest absolute Gasteiger partial charge is 0.462 e. The van der Waals surface area contributed by atoms with Crippen LogP contribution in [-0.2, 0) is 19.1 Å². The molecule has 0 aliphatic heterocycles. The van der Waals surface area contributed by atoms with Gasteiger partial charge in [0.25, 0.3) is 0 Å². The van der Waals surface area contributed by atoms with E-state index in [0.717, 1.165) is 25.7 Å². The summed E-state index contributed by atoms with van der Waals surface area (Å²) in [5.74, 6) is -0.798. The van der Waals surface area contributed by atoms with Crippen LogP contribution in [-0.4, -0.2) is 36.4 Å². The van der Waals surface area contributed by atoms with Crippen LogP contribution in [0.25, 0.3) is 0 Å². The van der Waals surface area contributed by atoms with Gasteiger partial charge in [0.05, 0.1) is 6.61 Å². The molecule has 152 valence electrons. The minimum atomic E-state index is -0.801. The first kappa shape index (κ1) is 24.9. The molecule has 1 N–H and O–H groups in total. The van der Waals surface area contributed by atoms with E-state index in [1.165, 1.54) is 0 Å². The summed E-state index contributed by atoms with van der Waals surface area (Å²) in [6, 6.07) is 0. The van der Waals surface area contributed by atoms with Crippen molar-refractivity contribution in [2.24, 2.45) is 0 Å². The fourth-order valence-electron chi connectivity index (χ4n) is 1.96. The number of hydrogen-bond acceptors (Lipinski definition) is 5. The maximum absolute atomic E-state index is 11.7. The molecule has 0 bridgehead atoms. The van der Waals surface area contributed by atoms with Crippen molar-refractivity contribution in [3.63, 3.8) is 0 Å². The van der Waals surface area contributed by atoms with Crippen LogP contribution in [0.15, 0.2) is 48.6 Å². The van der Waals surface area contributed by atoms with Crippen LogP contribution in [0, 0.1) is 0 Å². The Labute approximate surface area is 163 Å². The molecule has 27 heavy (non-hydrogen) atoms. The molecule has 0 radical (unpaired) electrons. The molecule has 0 rings (SSSR count). The van der Waals surface area contributed by atoms with Crippen molar-refractivity contribution in [1.29, 1.82) is 0 Å². The van der Waals surface area contributed by atoms with Gasteiger partial charge in [-0.05, 0) is 32.1 Å². The Bertz CT molecular complexity index is 503. The number of esters is 2. The zero-order valence-electron chi connectivity index (χ0n) is 16.6. The summed E-state index contributed by atoms with van der Waals surface area (Å²) >= 11 is 0. The average molecular weight is 379 g/mol. The van der Waals surface area contributed by atoms with Gasteiger partial charge in [-0.3, -0.25) is 9.59 Å². The molecule has 5 nitrogen and oxygen atoms in total. The zero-order valence-corrected chi connectivity index (χ0v) is 16.6. The lowest BCUT2D eigenvalue weighted by Gasteiger charge is -2.15. The lowest BCUT2D eigenvalue weighted by Crippen LogP contribution is -2.28. The third kappa shape index (κ3) is 17.0. The van der Waals surface area contributed by atoms with Gasteiger partial charge < -0.3 is 14.6 Å². The predicted octanol–water partition coefficient (Wildman–Crippen LogP) is 4.43. The minimum Gasteiger partial charge on any atom is -0.462 e. The van der Waals surface area contributed by atoms with Crippen molar-refractivity contribution in [1.82, 2.24) is 0 Å². The van der Waals surface area contributed by atoms with Gasteiger partial charge in [-0.1, -0.05) is 62.5 Å². The maximum atomic E-state index is 11.7. The fraction of sp³-hybridized carbons (Fsp3) is 0.545. The van der Waals surface area contributed by atoms with E-state index in [1.54, 1.807) is 6.92 Å². The highest BCUT2D eigenvalue weighted by molar-refractivity contribution is 5.70. The summed E-state index contributed by atoms with van der Waals surface area (Å²) in [6.45, 7) is 3.32. The second-order valence-electron chi connectivity index (χ2n) is 5.87. The fourth-order valence-corrected chi connectivity index (χ4v) is 1.96. The van der Waals surface area contributed by atoms with E-state index < -0.39 is 12.1 Å². The second-order valence-corrected chi connectivity index (χ2v) is 5.87. The van der Waals surface area contributed by atoms with Gasteiger partial charge >= 0.3 is 11.9 Å². The van der Waals surface area contributed by atoms with Crippen LogP contribution >= 0.6 is 0 Å². The number of ether oxygens (including phenoxy) is 2. The van der Waals surface area contributed by atoms with Gasteiger partial charge in [0.2, 0.25) is 0 Å². The average Bonchev–Trinajstić information content (AvgIpc) is 2.68. The molecule has 0 saturated heterocycles. The third-order valence-corrected chi connectivity index (χ3v) is 3.45. The molecule has 1 atom stereocenters. The Balaban J connectivity index is 3.79. The van der Waals surface area contributed by atoms with E-state index in [1.807, 2.05) is 12.2 Å². The van der Waals surface area contributed by atoms with E-state index >= 15 is 0 Å². The highest BCUT2D eigenvalue weighted by Gasteiger charge is 2.15. The molecule has 0 saturated carbocycles. The molecule has 5 heteroatoms. The normalized spacial score (nSPS) is 13.1. The lowest BCUT2D eigenvalue weighted by molar-refractivity contribution is -0.161. The summed E-state index contributed by atoms with van der Waals surface area (Å²) in [5, 5.41) is 9.15. The highest BCUT2D eigenvalue weighted by Crippen LogP contribution is 2.02. The van der Waals surface area contributed by atoms with Gasteiger partial charge in [-0.15, -0.1) is 0 Å². The predicted molar refractivity (Wildman–Crippen MR) is 108 cm³/mol. The molecular formula is C22H34O5. The first-order valence-electron chi connectivity index (χ1n) is 9.69. The summed E-state index contributed by atoms with van der Waals surface area (Å²) in [6.07, 6.45) is 20.8. The van der Waals surface area contributed by atoms with E-state index in [4.69, 9.17) is 14.6 Å². The monoisotopic (exact) mass is 378 g/mol. The molecule has 0 aromatic rings.